The first-order chi connectivity index (χ1) is 9.47. The van der Waals surface area contributed by atoms with E-state index in [0.29, 0.717) is 16.1 Å². The molecule has 2 aromatic rings. The van der Waals surface area contributed by atoms with Crippen LogP contribution in [0.3, 0.4) is 0 Å². The van der Waals surface area contributed by atoms with Gasteiger partial charge in [0, 0.05) is 25.3 Å². The highest BCUT2D eigenvalue weighted by Gasteiger charge is 2.08. The van der Waals surface area contributed by atoms with Gasteiger partial charge in [-0.3, -0.25) is 0 Å². The third kappa shape index (κ3) is 3.75. The van der Waals surface area contributed by atoms with Gasteiger partial charge in [-0.2, -0.15) is 0 Å². The predicted molar refractivity (Wildman–Crippen MR) is 84.5 cm³/mol. The largest absolute Gasteiger partial charge is 0.327 e. The summed E-state index contributed by atoms with van der Waals surface area (Å²) in [4.78, 5) is 4.39. The van der Waals surface area contributed by atoms with Crippen molar-refractivity contribution in [1.29, 1.82) is 0 Å². The normalized spacial score (nSPS) is 11.3. The quantitative estimate of drug-likeness (QED) is 0.903. The van der Waals surface area contributed by atoms with Crippen LogP contribution in [0.25, 0.3) is 0 Å². The number of imidazole rings is 1. The molecule has 0 bridgehead atoms. The van der Waals surface area contributed by atoms with E-state index in [1.807, 2.05) is 31.3 Å². The Morgan fingerprint density at radius 1 is 1.25 bits per heavy atom. The summed E-state index contributed by atoms with van der Waals surface area (Å²) in [5.41, 5.74) is 2.29. The lowest BCUT2D eigenvalue weighted by atomic mass is 10.2. The second-order valence-electron chi connectivity index (χ2n) is 5.17. The average molecular weight is 312 g/mol. The predicted octanol–water partition coefficient (Wildman–Crippen LogP) is 4.04. The second-order valence-corrected chi connectivity index (χ2v) is 5.98. The number of nitrogens with zero attached hydrogens (tertiary/aromatic N) is 2. The molecule has 0 saturated heterocycles. The summed E-state index contributed by atoms with van der Waals surface area (Å²) in [6, 6.07) is 6.18. The van der Waals surface area contributed by atoms with Gasteiger partial charge in [-0.15, -0.1) is 0 Å². The Bertz CT molecular complexity index is 591. The van der Waals surface area contributed by atoms with Crippen molar-refractivity contribution in [1.82, 2.24) is 14.9 Å². The van der Waals surface area contributed by atoms with E-state index in [4.69, 9.17) is 23.2 Å². The summed E-state index contributed by atoms with van der Waals surface area (Å²) in [6.07, 6.45) is 1.92. The molecule has 1 N–H and O–H groups in total. The van der Waals surface area contributed by atoms with E-state index < -0.39 is 0 Å². The lowest BCUT2D eigenvalue weighted by molar-refractivity contribution is 0.562. The molecule has 0 aliphatic rings. The molecule has 0 radical (unpaired) electrons. The maximum absolute atomic E-state index is 6.07. The van der Waals surface area contributed by atoms with Crippen LogP contribution in [-0.4, -0.2) is 15.6 Å². The second kappa shape index (κ2) is 6.61. The van der Waals surface area contributed by atoms with Crippen LogP contribution in [0.15, 0.2) is 24.4 Å². The zero-order chi connectivity index (χ0) is 14.7. The smallest absolute Gasteiger partial charge is 0.106 e. The van der Waals surface area contributed by atoms with Crippen molar-refractivity contribution in [2.24, 2.45) is 0 Å². The van der Waals surface area contributed by atoms with Gasteiger partial charge in [0.2, 0.25) is 0 Å². The van der Waals surface area contributed by atoms with Crippen LogP contribution in [0.2, 0.25) is 10.0 Å². The SMILES string of the molecule is Cc1ncc(CNC(C)C)n1Cc1ccc(Cl)c(Cl)c1. The van der Waals surface area contributed by atoms with Crippen LogP contribution < -0.4 is 5.32 Å². The van der Waals surface area contributed by atoms with E-state index in [2.05, 4.69) is 28.7 Å². The number of hydrogen-bond donors (Lipinski definition) is 1. The number of benzene rings is 1. The van der Waals surface area contributed by atoms with E-state index >= 15 is 0 Å². The number of aryl methyl sites for hydroxylation is 1. The highest BCUT2D eigenvalue weighted by Crippen LogP contribution is 2.23. The van der Waals surface area contributed by atoms with Crippen LogP contribution in [0, 0.1) is 6.92 Å². The van der Waals surface area contributed by atoms with Crippen molar-refractivity contribution in [3.8, 4) is 0 Å². The van der Waals surface area contributed by atoms with Gasteiger partial charge >= 0.3 is 0 Å². The molecule has 0 spiro atoms. The van der Waals surface area contributed by atoms with Crippen molar-refractivity contribution in [3.63, 3.8) is 0 Å². The van der Waals surface area contributed by atoms with Crippen molar-refractivity contribution in [2.45, 2.75) is 39.9 Å². The molecule has 3 nitrogen and oxygen atoms in total. The molecule has 0 saturated carbocycles. The van der Waals surface area contributed by atoms with Gasteiger partial charge < -0.3 is 9.88 Å². The van der Waals surface area contributed by atoms with E-state index in [0.717, 1.165) is 24.5 Å². The average Bonchev–Trinajstić information content (AvgIpc) is 2.73. The first kappa shape index (κ1) is 15.4. The summed E-state index contributed by atoms with van der Waals surface area (Å²) in [6.45, 7) is 7.83. The van der Waals surface area contributed by atoms with E-state index in [1.54, 1.807) is 0 Å². The molecule has 1 aromatic carbocycles. The van der Waals surface area contributed by atoms with Crippen molar-refractivity contribution in [2.75, 3.05) is 0 Å². The third-order valence-corrected chi connectivity index (χ3v) is 3.89. The van der Waals surface area contributed by atoms with E-state index in [1.165, 1.54) is 5.69 Å². The van der Waals surface area contributed by atoms with Crippen LogP contribution in [0.1, 0.15) is 30.9 Å². The maximum Gasteiger partial charge on any atom is 0.106 e. The van der Waals surface area contributed by atoms with Crippen molar-refractivity contribution >= 4 is 23.2 Å². The lowest BCUT2D eigenvalue weighted by Crippen LogP contribution is -2.23. The number of halogens is 2. The fourth-order valence-electron chi connectivity index (χ4n) is 2.00. The fraction of sp³-hybridized carbons (Fsp3) is 0.400. The first-order valence-electron chi connectivity index (χ1n) is 6.65. The molecule has 0 atom stereocenters. The Hall–Kier alpha value is -1.03. The fourth-order valence-corrected chi connectivity index (χ4v) is 2.32. The van der Waals surface area contributed by atoms with Gasteiger partial charge in [-0.25, -0.2) is 4.98 Å². The van der Waals surface area contributed by atoms with E-state index in [9.17, 15) is 0 Å². The number of aromatic nitrogens is 2. The lowest BCUT2D eigenvalue weighted by Gasteiger charge is -2.13. The van der Waals surface area contributed by atoms with Crippen LogP contribution >= 0.6 is 23.2 Å². The summed E-state index contributed by atoms with van der Waals surface area (Å²) in [7, 11) is 0. The minimum Gasteiger partial charge on any atom is -0.327 e. The highest BCUT2D eigenvalue weighted by atomic mass is 35.5. The molecule has 20 heavy (non-hydrogen) atoms. The molecular weight excluding hydrogens is 293 g/mol. The topological polar surface area (TPSA) is 29.9 Å². The van der Waals surface area contributed by atoms with Gasteiger partial charge in [0.15, 0.2) is 0 Å². The molecule has 0 unspecified atom stereocenters. The van der Waals surface area contributed by atoms with Gasteiger partial charge in [0.1, 0.15) is 5.82 Å². The van der Waals surface area contributed by atoms with Gasteiger partial charge in [-0.1, -0.05) is 43.1 Å². The van der Waals surface area contributed by atoms with Gasteiger partial charge in [-0.05, 0) is 24.6 Å². The highest BCUT2D eigenvalue weighted by molar-refractivity contribution is 6.42. The molecule has 0 amide bonds. The van der Waals surface area contributed by atoms with E-state index in [-0.39, 0.29) is 0 Å². The zero-order valence-corrected chi connectivity index (χ0v) is 13.5. The Morgan fingerprint density at radius 3 is 2.65 bits per heavy atom. The van der Waals surface area contributed by atoms with Crippen LogP contribution in [0.5, 0.6) is 0 Å². The molecule has 5 heteroatoms. The molecule has 0 aliphatic heterocycles. The van der Waals surface area contributed by atoms with Crippen molar-refractivity contribution < 1.29 is 0 Å². The van der Waals surface area contributed by atoms with Crippen LogP contribution in [0.4, 0.5) is 0 Å². The molecular formula is C15H19Cl2N3. The Balaban J connectivity index is 2.19. The van der Waals surface area contributed by atoms with Crippen LogP contribution in [-0.2, 0) is 13.1 Å². The zero-order valence-electron chi connectivity index (χ0n) is 12.0. The standard InChI is InChI=1S/C15H19Cl2N3/c1-10(2)18-7-13-8-19-11(3)20(13)9-12-4-5-14(16)15(17)6-12/h4-6,8,10,18H,7,9H2,1-3H3. The minimum absolute atomic E-state index is 0.448. The van der Waals surface area contributed by atoms with Gasteiger partial charge in [0.05, 0.1) is 15.7 Å². The van der Waals surface area contributed by atoms with Crippen molar-refractivity contribution in [3.05, 3.63) is 51.5 Å². The monoisotopic (exact) mass is 311 g/mol. The maximum atomic E-state index is 6.07. The third-order valence-electron chi connectivity index (χ3n) is 3.15. The molecule has 2 rings (SSSR count). The Kier molecular flexibility index (Phi) is 5.08. The van der Waals surface area contributed by atoms with Gasteiger partial charge in [0.25, 0.3) is 0 Å². The number of nitrogens with one attached hydrogen (secondary N) is 1. The molecule has 1 aromatic heterocycles. The molecule has 108 valence electrons. The molecule has 0 aliphatic carbocycles. The number of rotatable bonds is 5. The Labute approximate surface area is 129 Å². The summed E-state index contributed by atoms with van der Waals surface area (Å²) in [5.74, 6) is 0.997. The first-order valence-corrected chi connectivity index (χ1v) is 7.41. The number of hydrogen-bond acceptors (Lipinski definition) is 2. The summed E-state index contributed by atoms with van der Waals surface area (Å²) in [5, 5.41) is 4.58. The molecule has 0 fully saturated rings. The minimum atomic E-state index is 0.448. The Morgan fingerprint density at radius 2 is 2.00 bits per heavy atom. The summed E-state index contributed by atoms with van der Waals surface area (Å²) < 4.78 is 2.19. The molecule has 1 heterocycles. The summed E-state index contributed by atoms with van der Waals surface area (Å²) >= 11 is 12.0.